The number of furan rings is 1. The Bertz CT molecular complexity index is 1380. The summed E-state index contributed by atoms with van der Waals surface area (Å²) < 4.78 is 52.4. The first-order valence-electron chi connectivity index (χ1n) is 11.2. The van der Waals surface area contributed by atoms with Gasteiger partial charge in [-0.3, -0.25) is 0 Å². The van der Waals surface area contributed by atoms with E-state index in [9.17, 15) is 18.1 Å². The van der Waals surface area contributed by atoms with Crippen molar-refractivity contribution in [2.45, 2.75) is 51.5 Å². The van der Waals surface area contributed by atoms with Gasteiger partial charge in [-0.2, -0.15) is 4.31 Å². The van der Waals surface area contributed by atoms with E-state index in [1.807, 2.05) is 33.8 Å². The van der Waals surface area contributed by atoms with Crippen molar-refractivity contribution in [3.63, 3.8) is 0 Å². The minimum atomic E-state index is -4.00. The Morgan fingerprint density at radius 2 is 2.00 bits per heavy atom. The van der Waals surface area contributed by atoms with Gasteiger partial charge in [0.25, 0.3) is 0 Å². The second-order valence-electron chi connectivity index (χ2n) is 8.85. The van der Waals surface area contributed by atoms with E-state index in [1.165, 1.54) is 16.4 Å². The van der Waals surface area contributed by atoms with Crippen molar-refractivity contribution < 1.29 is 22.5 Å². The number of nitrogens with zero attached hydrogens (tertiary/aromatic N) is 3. The third kappa shape index (κ3) is 5.12. The Hall–Kier alpha value is -2.38. The van der Waals surface area contributed by atoms with Gasteiger partial charge in [-0.15, -0.1) is 4.37 Å². The summed E-state index contributed by atoms with van der Waals surface area (Å²) >= 11 is 4.40. The highest BCUT2D eigenvalue weighted by Gasteiger charge is 2.33. The van der Waals surface area contributed by atoms with Crippen LogP contribution in [-0.4, -0.2) is 44.2 Å². The number of H-pyrrole nitrogens is 1. The second-order valence-corrected chi connectivity index (χ2v) is 12.0. The van der Waals surface area contributed by atoms with Gasteiger partial charge < -0.3 is 19.4 Å². The fraction of sp³-hybridized carbons (Fsp3) is 0.455. The second kappa shape index (κ2) is 9.94. The number of nitrogens with one attached hydrogen (secondary N) is 2. The van der Waals surface area contributed by atoms with E-state index in [1.54, 1.807) is 0 Å². The molecule has 35 heavy (non-hydrogen) atoms. The molecule has 1 aromatic carbocycles. The molecule has 1 unspecified atom stereocenters. The van der Waals surface area contributed by atoms with Crippen LogP contribution in [0.15, 0.2) is 32.5 Å². The molecule has 0 spiro atoms. The number of aromatic amines is 1. The lowest BCUT2D eigenvalue weighted by Crippen LogP contribution is -2.28. The lowest BCUT2D eigenvalue weighted by molar-refractivity contribution is 0.387. The third-order valence-electron chi connectivity index (χ3n) is 5.96. The fourth-order valence-corrected chi connectivity index (χ4v) is 6.72. The molecule has 0 radical (unpaired) electrons. The van der Waals surface area contributed by atoms with Crippen LogP contribution in [0.3, 0.4) is 0 Å². The molecule has 2 atom stereocenters. The molecule has 4 rings (SSSR count). The minimum Gasteiger partial charge on any atom is -0.548 e. The molecule has 0 amide bonds. The maximum atomic E-state index is 13.1. The quantitative estimate of drug-likeness (QED) is 0.294. The number of benzene rings is 1. The van der Waals surface area contributed by atoms with Gasteiger partial charge in [-0.1, -0.05) is 25.4 Å². The van der Waals surface area contributed by atoms with Gasteiger partial charge in [0, 0.05) is 17.5 Å². The van der Waals surface area contributed by atoms with E-state index < -0.39 is 33.0 Å². The zero-order valence-electron chi connectivity index (χ0n) is 19.8. The molecule has 0 saturated carbocycles. The van der Waals surface area contributed by atoms with Crippen molar-refractivity contribution in [3.8, 4) is 5.75 Å². The maximum absolute atomic E-state index is 13.1. The Kier molecular flexibility index (Phi) is 7.30. The standard InChI is InChI=1S/C22H28ClN5O5S2/c1-12(2)18(17-11-13(3)14(4)33-17)25-22-21(26-34(30)27-22)24-16-8-7-15(23)20(19(16)29)35(31,32)28-9-5-6-10-28/h7-8,11-12,18,29H,5-6,9-10H2,1-4H3,(H,24,26)(H,25,27)/t18-,34?/m1/s1. The van der Waals surface area contributed by atoms with Gasteiger partial charge in [0.05, 0.1) is 10.7 Å². The Morgan fingerprint density at radius 3 is 2.60 bits per heavy atom. The van der Waals surface area contributed by atoms with Crippen LogP contribution in [0.4, 0.5) is 11.5 Å². The minimum absolute atomic E-state index is 0.0464. The van der Waals surface area contributed by atoms with Gasteiger partial charge in [-0.05, 0) is 56.4 Å². The molecule has 0 bridgehead atoms. The van der Waals surface area contributed by atoms with Crippen LogP contribution in [0.2, 0.25) is 5.02 Å². The number of aromatic hydroxyl groups is 1. The van der Waals surface area contributed by atoms with Crippen molar-refractivity contribution >= 4 is 44.3 Å². The van der Waals surface area contributed by atoms with Crippen molar-refractivity contribution in [1.82, 2.24) is 13.1 Å². The number of sulfonamides is 1. The number of aryl methyl sites for hydroxylation is 2. The molecule has 1 aliphatic rings. The van der Waals surface area contributed by atoms with E-state index in [0.717, 1.165) is 24.2 Å². The SMILES string of the molecule is Cc1cc([C@H](N=c2[nH][s+]([O-])nc2Nc2ccc(Cl)c(S(=O)(=O)N3CCCC3)c2O)C(C)C)oc1C. The summed E-state index contributed by atoms with van der Waals surface area (Å²) in [6.45, 7) is 8.52. The molecular weight excluding hydrogens is 514 g/mol. The molecular formula is C22H28ClN5O5S2. The topological polar surface area (TPSA) is 147 Å². The Balaban J connectivity index is 1.75. The van der Waals surface area contributed by atoms with E-state index in [0.29, 0.717) is 18.8 Å². The number of aromatic nitrogens is 2. The van der Waals surface area contributed by atoms with Crippen molar-refractivity contribution in [3.05, 3.63) is 45.8 Å². The molecule has 0 aliphatic carbocycles. The number of anilines is 2. The molecule has 10 nitrogen and oxygen atoms in total. The van der Waals surface area contributed by atoms with E-state index >= 15 is 0 Å². The lowest BCUT2D eigenvalue weighted by Gasteiger charge is -2.18. The monoisotopic (exact) mass is 541 g/mol. The van der Waals surface area contributed by atoms with Crippen LogP contribution in [0, 0.1) is 19.8 Å². The number of halogens is 1. The van der Waals surface area contributed by atoms with Crippen LogP contribution in [-0.2, 0) is 10.0 Å². The van der Waals surface area contributed by atoms with Crippen LogP contribution >= 0.6 is 22.7 Å². The van der Waals surface area contributed by atoms with Crippen LogP contribution in [0.25, 0.3) is 0 Å². The maximum Gasteiger partial charge on any atom is 0.248 e. The molecule has 2 aromatic heterocycles. The number of phenols is 1. The highest BCUT2D eigenvalue weighted by molar-refractivity contribution is 7.89. The summed E-state index contributed by atoms with van der Waals surface area (Å²) in [6.07, 6.45) is 1.49. The van der Waals surface area contributed by atoms with Gasteiger partial charge in [0.1, 0.15) is 22.5 Å². The van der Waals surface area contributed by atoms with Crippen molar-refractivity contribution in [2.75, 3.05) is 18.4 Å². The highest BCUT2D eigenvalue weighted by atomic mass is 35.5. The Labute approximate surface area is 211 Å². The number of rotatable bonds is 7. The number of phenolic OH excluding ortho intramolecular Hbond substituents is 1. The fourth-order valence-electron chi connectivity index (χ4n) is 3.96. The van der Waals surface area contributed by atoms with Gasteiger partial charge in [-0.25, -0.2) is 13.4 Å². The van der Waals surface area contributed by atoms with Gasteiger partial charge in [0.2, 0.25) is 21.3 Å². The first-order chi connectivity index (χ1) is 16.5. The van der Waals surface area contributed by atoms with Crippen LogP contribution in [0.1, 0.15) is 49.8 Å². The first kappa shape index (κ1) is 25.7. The smallest absolute Gasteiger partial charge is 0.248 e. The predicted molar refractivity (Wildman–Crippen MR) is 133 cm³/mol. The molecule has 3 heterocycles. The average Bonchev–Trinajstić information content (AvgIpc) is 3.50. The van der Waals surface area contributed by atoms with Crippen molar-refractivity contribution in [2.24, 2.45) is 10.9 Å². The summed E-state index contributed by atoms with van der Waals surface area (Å²) in [4.78, 5) is 4.32. The van der Waals surface area contributed by atoms with E-state index in [-0.39, 0.29) is 32.8 Å². The van der Waals surface area contributed by atoms with Crippen LogP contribution in [0.5, 0.6) is 5.75 Å². The average molecular weight is 542 g/mol. The molecule has 13 heteroatoms. The highest BCUT2D eigenvalue weighted by Crippen LogP contribution is 2.40. The Morgan fingerprint density at radius 1 is 1.31 bits per heavy atom. The summed E-state index contributed by atoms with van der Waals surface area (Å²) in [5.74, 6) is 1.05. The third-order valence-corrected chi connectivity index (χ3v) is 9.08. The summed E-state index contributed by atoms with van der Waals surface area (Å²) in [6, 6.07) is 4.34. The first-order valence-corrected chi connectivity index (χ1v) is 14.1. The van der Waals surface area contributed by atoms with E-state index in [2.05, 4.69) is 14.1 Å². The molecule has 3 N–H and O–H groups in total. The van der Waals surface area contributed by atoms with Crippen LogP contribution < -0.4 is 10.8 Å². The van der Waals surface area contributed by atoms with Crippen molar-refractivity contribution in [1.29, 1.82) is 0 Å². The predicted octanol–water partition coefficient (Wildman–Crippen LogP) is 4.53. The summed E-state index contributed by atoms with van der Waals surface area (Å²) in [5.41, 5.74) is 1.25. The van der Waals surface area contributed by atoms with Gasteiger partial charge >= 0.3 is 0 Å². The molecule has 1 fully saturated rings. The number of hydrogen-bond acceptors (Lipinski definition) is 8. The lowest BCUT2D eigenvalue weighted by atomic mass is 10.0. The van der Waals surface area contributed by atoms with Gasteiger partial charge in [0.15, 0.2) is 16.9 Å². The molecule has 3 aromatic rings. The summed E-state index contributed by atoms with van der Waals surface area (Å²) in [7, 11) is -4.00. The van der Waals surface area contributed by atoms with E-state index in [4.69, 9.17) is 21.0 Å². The molecule has 1 saturated heterocycles. The largest absolute Gasteiger partial charge is 0.548 e. The normalized spacial score (nSPS) is 16.9. The molecule has 1 aliphatic heterocycles. The summed E-state index contributed by atoms with van der Waals surface area (Å²) in [5, 5.41) is 13.7. The molecule has 190 valence electrons. The zero-order valence-corrected chi connectivity index (χ0v) is 22.2. The number of hydrogen-bond donors (Lipinski definition) is 3. The zero-order chi connectivity index (χ0) is 25.5.